The van der Waals surface area contributed by atoms with E-state index in [0.717, 1.165) is 50.0 Å². The van der Waals surface area contributed by atoms with Crippen molar-refractivity contribution in [3.63, 3.8) is 0 Å². The fourth-order valence-corrected chi connectivity index (χ4v) is 10.2. The molecule has 3 aromatic carbocycles. The number of ketones is 1. The number of aliphatic imine (C=N–C) groups is 1. The molecule has 0 aromatic heterocycles. The number of aliphatic hydroxyl groups is 1. The van der Waals surface area contributed by atoms with Crippen molar-refractivity contribution in [2.24, 2.45) is 27.5 Å². The maximum Gasteiger partial charge on any atom is 0.416 e. The molecule has 0 bridgehead atoms. The van der Waals surface area contributed by atoms with Crippen LogP contribution in [-0.2, 0) is 27.4 Å². The minimum absolute atomic E-state index is 0.00929. The van der Waals surface area contributed by atoms with E-state index in [1.54, 1.807) is 67.5 Å². The smallest absolute Gasteiger partial charge is 0.416 e. The summed E-state index contributed by atoms with van der Waals surface area (Å²) in [6.07, 6.45) is 7.55. The van der Waals surface area contributed by atoms with Gasteiger partial charge in [0.2, 0.25) is 5.91 Å². The van der Waals surface area contributed by atoms with Gasteiger partial charge in [-0.15, -0.1) is 0 Å². The van der Waals surface area contributed by atoms with E-state index in [1.807, 2.05) is 25.0 Å². The molecule has 368 valence electrons. The van der Waals surface area contributed by atoms with Crippen LogP contribution in [0.5, 0.6) is 23.0 Å². The third-order valence-electron chi connectivity index (χ3n) is 14.9. The van der Waals surface area contributed by atoms with E-state index in [4.69, 9.17) is 34.4 Å². The lowest BCUT2D eigenvalue weighted by Gasteiger charge is -2.31. The molecule has 4 amide bonds. The molecule has 9 rings (SSSR count). The summed E-state index contributed by atoms with van der Waals surface area (Å²) in [5.41, 5.74) is 8.92. The number of carbonyl (C=O) groups is 5. The van der Waals surface area contributed by atoms with Crippen molar-refractivity contribution in [2.45, 2.75) is 122 Å². The number of rotatable bonds is 18. The van der Waals surface area contributed by atoms with Crippen LogP contribution in [0.3, 0.4) is 0 Å². The number of nitrogens with zero attached hydrogens (tertiary/aromatic N) is 4. The Bertz CT molecular complexity index is 2520. The van der Waals surface area contributed by atoms with Gasteiger partial charge < -0.3 is 49.6 Å². The first-order chi connectivity index (χ1) is 33.1. The van der Waals surface area contributed by atoms with Crippen molar-refractivity contribution in [2.75, 3.05) is 45.4 Å². The van der Waals surface area contributed by atoms with E-state index >= 15 is 0 Å². The second-order valence-electron chi connectivity index (χ2n) is 20.3. The predicted octanol–water partition coefficient (Wildman–Crippen LogP) is 6.11. The van der Waals surface area contributed by atoms with Crippen molar-refractivity contribution in [1.29, 1.82) is 0 Å². The first kappa shape index (κ1) is 47.8. The average Bonchev–Trinajstić information content (AvgIpc) is 4.22. The number of methoxy groups -OCH3 is 2. The molecule has 2 saturated heterocycles. The van der Waals surface area contributed by atoms with E-state index in [2.05, 4.69) is 5.32 Å². The van der Waals surface area contributed by atoms with Crippen LogP contribution in [0.25, 0.3) is 0 Å². The Morgan fingerprint density at radius 1 is 0.797 bits per heavy atom. The number of Topliss-reactive ketones (excluding diaryl/α,β-unsaturated/α-hetero) is 1. The van der Waals surface area contributed by atoms with Crippen molar-refractivity contribution in [1.82, 2.24) is 15.1 Å². The fraction of sp³-hybridized carbons (Fsp3) is 0.538. The Hall–Kier alpha value is -6.20. The largest absolute Gasteiger partial charge is 0.493 e. The van der Waals surface area contributed by atoms with Crippen LogP contribution in [0, 0.1) is 16.7 Å². The lowest BCUT2D eigenvalue weighted by Crippen LogP contribution is -2.50. The summed E-state index contributed by atoms with van der Waals surface area (Å²) in [5.74, 6) is 0.643. The third kappa shape index (κ3) is 9.85. The summed E-state index contributed by atoms with van der Waals surface area (Å²) in [5, 5.41) is 14.7. The number of nitrogens with two attached hydrogens (primary N) is 1. The first-order valence-electron chi connectivity index (χ1n) is 24.3. The average molecular weight is 949 g/mol. The number of ether oxygens (including phenoxy) is 5. The summed E-state index contributed by atoms with van der Waals surface area (Å²) >= 11 is 0. The highest BCUT2D eigenvalue weighted by Crippen LogP contribution is 2.57. The highest BCUT2D eigenvalue weighted by Gasteiger charge is 2.58. The SMILES string of the molecule is COc1cc2c(cc1OCCCCCOc1cc3c(cc1OC)C(=O)N1CC4(CC4)C[C@H]1C(O)N3C(=O)OCc1ccc(CC(=O)[C@H](C)NC(=O)[C@@H](N)C(C)C)cc1)N=C[C@@H]1CC3(CC3)CN1C2=O. The minimum Gasteiger partial charge on any atom is -0.493 e. The molecule has 2 saturated carbocycles. The predicted molar refractivity (Wildman–Crippen MR) is 255 cm³/mol. The molecule has 17 heteroatoms. The second kappa shape index (κ2) is 19.3. The normalized spacial score (nSPS) is 22.0. The Morgan fingerprint density at radius 3 is 2.03 bits per heavy atom. The van der Waals surface area contributed by atoms with Gasteiger partial charge in [0.1, 0.15) is 6.61 Å². The molecule has 17 nitrogen and oxygen atoms in total. The van der Waals surface area contributed by atoms with Crippen LogP contribution in [0.1, 0.15) is 110 Å². The number of unbranched alkanes of at least 4 members (excludes halogenated alkanes) is 2. The molecule has 4 fully saturated rings. The maximum atomic E-state index is 14.3. The number of anilines is 1. The number of benzene rings is 3. The summed E-state index contributed by atoms with van der Waals surface area (Å²) in [7, 11) is 3.04. The number of hydrogen-bond acceptors (Lipinski definition) is 13. The quantitative estimate of drug-likeness (QED) is 0.123. The van der Waals surface area contributed by atoms with Crippen LogP contribution in [0.15, 0.2) is 53.5 Å². The molecule has 2 aliphatic carbocycles. The van der Waals surface area contributed by atoms with E-state index in [9.17, 15) is 29.1 Å². The molecular weight excluding hydrogens is 885 g/mol. The Kier molecular flexibility index (Phi) is 13.4. The van der Waals surface area contributed by atoms with Crippen molar-refractivity contribution >= 4 is 47.2 Å². The van der Waals surface area contributed by atoms with E-state index in [1.165, 1.54) is 7.11 Å². The first-order valence-corrected chi connectivity index (χ1v) is 24.3. The van der Waals surface area contributed by atoms with Crippen molar-refractivity contribution in [3.8, 4) is 23.0 Å². The van der Waals surface area contributed by atoms with Gasteiger partial charge in [-0.25, -0.2) is 9.69 Å². The highest BCUT2D eigenvalue weighted by atomic mass is 16.6. The minimum atomic E-state index is -1.40. The van der Waals surface area contributed by atoms with Gasteiger partial charge in [-0.3, -0.25) is 24.2 Å². The molecule has 4 N–H and O–H groups in total. The zero-order chi connectivity index (χ0) is 48.8. The molecule has 3 aromatic rings. The van der Waals surface area contributed by atoms with Crippen LogP contribution < -0.4 is 34.9 Å². The van der Waals surface area contributed by atoms with Gasteiger partial charge in [-0.2, -0.15) is 0 Å². The Morgan fingerprint density at radius 2 is 1.39 bits per heavy atom. The number of aliphatic hydroxyl groups excluding tert-OH is 1. The van der Waals surface area contributed by atoms with Gasteiger partial charge in [0, 0.05) is 37.9 Å². The molecular formula is C52H64N6O11. The van der Waals surface area contributed by atoms with E-state index in [-0.39, 0.29) is 77.2 Å². The zero-order valence-corrected chi connectivity index (χ0v) is 40.2. The second-order valence-corrected chi connectivity index (χ2v) is 20.3. The van der Waals surface area contributed by atoms with Crippen molar-refractivity contribution < 1.29 is 52.8 Å². The monoisotopic (exact) mass is 948 g/mol. The summed E-state index contributed by atoms with van der Waals surface area (Å²) in [6, 6.07) is 11.6. The molecule has 4 aliphatic heterocycles. The molecule has 69 heavy (non-hydrogen) atoms. The Balaban J connectivity index is 0.824. The standard InChI is InChI=1S/C52H64N6O11/c1-30(2)45(53)46(60)55-31(3)40(59)19-32-9-11-33(12-10-32)27-69-50(64)58-38-23-44(42(66-5)21-36(38)48(62)57-29-52(15-16-52)25-39(57)49(58)63)68-18-8-6-7-17-67-43-22-37-35(20-41(43)65-4)47(61)56-28-51(13-14-51)24-34(56)26-54-37/h9-12,20-23,26,30-31,34,39,45,49,63H,6-8,13-19,24-25,27-29,53H2,1-5H3,(H,55,60)/t31-,34-,39-,45-,49?/m0/s1. The molecule has 6 aliphatic rings. The molecule has 5 atom stereocenters. The molecule has 1 unspecified atom stereocenters. The molecule has 2 spiro atoms. The molecule has 4 heterocycles. The number of fused-ring (bicyclic) bond motifs is 4. The lowest BCUT2D eigenvalue weighted by atomic mass is 10.0. The summed E-state index contributed by atoms with van der Waals surface area (Å²) in [4.78, 5) is 76.8. The van der Waals surface area contributed by atoms with Crippen LogP contribution in [0.4, 0.5) is 16.2 Å². The van der Waals surface area contributed by atoms with Gasteiger partial charge in [0.15, 0.2) is 35.0 Å². The number of nitrogens with one attached hydrogen (secondary N) is 1. The van der Waals surface area contributed by atoms with Gasteiger partial charge in [0.05, 0.1) is 74.1 Å². The zero-order valence-electron chi connectivity index (χ0n) is 40.2. The maximum absolute atomic E-state index is 14.3. The lowest BCUT2D eigenvalue weighted by molar-refractivity contribution is -0.128. The Labute approximate surface area is 402 Å². The third-order valence-corrected chi connectivity index (χ3v) is 14.9. The summed E-state index contributed by atoms with van der Waals surface area (Å²) < 4.78 is 29.6. The van der Waals surface area contributed by atoms with Gasteiger partial charge in [0.25, 0.3) is 11.8 Å². The fourth-order valence-electron chi connectivity index (χ4n) is 10.2. The van der Waals surface area contributed by atoms with Crippen LogP contribution >= 0.6 is 0 Å². The highest BCUT2D eigenvalue weighted by molar-refractivity contribution is 6.06. The van der Waals surface area contributed by atoms with Crippen LogP contribution in [0.2, 0.25) is 0 Å². The molecule has 0 radical (unpaired) electrons. The number of carbonyl (C=O) groups excluding carboxylic acids is 5. The number of hydrogen-bond donors (Lipinski definition) is 3. The van der Waals surface area contributed by atoms with Gasteiger partial charge in [-0.1, -0.05) is 38.1 Å². The van der Waals surface area contributed by atoms with Gasteiger partial charge >= 0.3 is 6.09 Å². The van der Waals surface area contributed by atoms with Crippen LogP contribution in [-0.4, -0.2) is 122 Å². The topological polar surface area (TPSA) is 212 Å². The van der Waals surface area contributed by atoms with E-state index in [0.29, 0.717) is 77.8 Å². The summed E-state index contributed by atoms with van der Waals surface area (Å²) in [6.45, 7) is 7.09. The number of amides is 4. The van der Waals surface area contributed by atoms with E-state index < -0.39 is 30.4 Å². The van der Waals surface area contributed by atoms with Gasteiger partial charge in [-0.05, 0) is 105 Å². The van der Waals surface area contributed by atoms with Crippen molar-refractivity contribution in [3.05, 3.63) is 70.8 Å².